The van der Waals surface area contributed by atoms with E-state index in [-0.39, 0.29) is 12.2 Å². The number of aromatic amines is 1. The first-order chi connectivity index (χ1) is 16.0. The number of carbonyl (C=O) groups is 1. The summed E-state index contributed by atoms with van der Waals surface area (Å²) >= 11 is 0. The number of anilines is 1. The molecule has 2 aromatic heterocycles. The fourth-order valence-corrected chi connectivity index (χ4v) is 4.14. The Bertz CT molecular complexity index is 1330. The second-order valence-corrected chi connectivity index (χ2v) is 7.98. The van der Waals surface area contributed by atoms with Gasteiger partial charge in [0.1, 0.15) is 5.58 Å². The molecule has 0 saturated carbocycles. The molecule has 0 fully saturated rings. The summed E-state index contributed by atoms with van der Waals surface area (Å²) in [7, 11) is 0. The molecular weight excluding hydrogens is 418 g/mol. The van der Waals surface area contributed by atoms with Crippen molar-refractivity contribution in [1.82, 2.24) is 10.3 Å². The second-order valence-electron chi connectivity index (χ2n) is 7.98. The van der Waals surface area contributed by atoms with Gasteiger partial charge in [-0.2, -0.15) is 0 Å². The predicted octanol–water partition coefficient (Wildman–Crippen LogP) is 4.90. The summed E-state index contributed by atoms with van der Waals surface area (Å²) < 4.78 is 10.9. The quantitative estimate of drug-likeness (QED) is 0.375. The monoisotopic (exact) mass is 447 g/mol. The van der Waals surface area contributed by atoms with Crippen LogP contribution >= 0.6 is 0 Å². The topological polar surface area (TPSA) is 87.6 Å². The summed E-state index contributed by atoms with van der Waals surface area (Å²) in [6.07, 6.45) is 1.66. The van der Waals surface area contributed by atoms with Crippen molar-refractivity contribution in [3.63, 3.8) is 0 Å². The number of alkyl carbamates (subject to hydrolysis) is 1. The van der Waals surface area contributed by atoms with Crippen molar-refractivity contribution in [2.24, 2.45) is 0 Å². The Morgan fingerprint density at radius 3 is 2.73 bits per heavy atom. The molecule has 33 heavy (non-hydrogen) atoms. The highest BCUT2D eigenvalue weighted by Crippen LogP contribution is 2.25. The summed E-state index contributed by atoms with van der Waals surface area (Å²) in [6, 6.07) is 13.9. The minimum Gasteiger partial charge on any atom is -0.449 e. The van der Waals surface area contributed by atoms with E-state index in [2.05, 4.69) is 29.0 Å². The molecule has 4 aromatic rings. The lowest BCUT2D eigenvalue weighted by molar-refractivity contribution is 0.146. The SMILES string of the molecule is CCN(CC)c1ccc2c(C)c(CCOC(=O)NCc3ccc4[nH]ccc4c3)c(=O)oc2c1. The smallest absolute Gasteiger partial charge is 0.407 e. The van der Waals surface area contributed by atoms with E-state index in [9.17, 15) is 9.59 Å². The average molecular weight is 448 g/mol. The third-order valence-electron chi connectivity index (χ3n) is 6.04. The van der Waals surface area contributed by atoms with E-state index in [1.165, 1.54) is 0 Å². The largest absolute Gasteiger partial charge is 0.449 e. The van der Waals surface area contributed by atoms with Crippen LogP contribution in [0.4, 0.5) is 10.5 Å². The lowest BCUT2D eigenvalue weighted by atomic mass is 10.0. The number of benzene rings is 2. The molecule has 7 heteroatoms. The fraction of sp³-hybridized carbons (Fsp3) is 0.308. The van der Waals surface area contributed by atoms with Gasteiger partial charge in [0.15, 0.2) is 0 Å². The van der Waals surface area contributed by atoms with Gasteiger partial charge in [0.05, 0.1) is 6.61 Å². The summed E-state index contributed by atoms with van der Waals surface area (Å²) in [4.78, 5) is 30.1. The van der Waals surface area contributed by atoms with Crippen LogP contribution in [0.5, 0.6) is 0 Å². The molecule has 0 unspecified atom stereocenters. The minimum absolute atomic E-state index is 0.0946. The van der Waals surface area contributed by atoms with Crippen LogP contribution in [0.1, 0.15) is 30.5 Å². The lowest BCUT2D eigenvalue weighted by Gasteiger charge is -2.21. The number of amides is 1. The lowest BCUT2D eigenvalue weighted by Crippen LogP contribution is -2.25. The van der Waals surface area contributed by atoms with Crippen LogP contribution in [-0.4, -0.2) is 30.8 Å². The standard InChI is InChI=1S/C26H29N3O4/c1-4-29(5-2)20-7-8-21-17(3)22(25(30)33-24(21)15-20)11-13-32-26(31)28-16-18-6-9-23-19(14-18)10-12-27-23/h6-10,12,14-15,27H,4-5,11,13,16H2,1-3H3,(H,28,31). The van der Waals surface area contributed by atoms with Crippen molar-refractivity contribution in [2.75, 3.05) is 24.6 Å². The molecule has 0 saturated heterocycles. The normalized spacial score (nSPS) is 11.1. The van der Waals surface area contributed by atoms with E-state index in [0.717, 1.165) is 46.2 Å². The molecule has 0 aliphatic rings. The van der Waals surface area contributed by atoms with E-state index in [0.29, 0.717) is 24.1 Å². The van der Waals surface area contributed by atoms with Gasteiger partial charge in [0.25, 0.3) is 0 Å². The van der Waals surface area contributed by atoms with Gasteiger partial charge in [-0.15, -0.1) is 0 Å². The Morgan fingerprint density at radius 1 is 1.12 bits per heavy atom. The van der Waals surface area contributed by atoms with E-state index in [4.69, 9.17) is 9.15 Å². The van der Waals surface area contributed by atoms with Crippen LogP contribution in [0.15, 0.2) is 57.9 Å². The van der Waals surface area contributed by atoms with Crippen LogP contribution in [0.3, 0.4) is 0 Å². The number of fused-ring (bicyclic) bond motifs is 2. The van der Waals surface area contributed by atoms with Crippen molar-refractivity contribution < 1.29 is 13.9 Å². The minimum atomic E-state index is -0.518. The van der Waals surface area contributed by atoms with Gasteiger partial charge in [0, 0.05) is 60.5 Å². The molecule has 2 aromatic carbocycles. The highest BCUT2D eigenvalue weighted by Gasteiger charge is 2.14. The Hall–Kier alpha value is -3.74. The first-order valence-corrected chi connectivity index (χ1v) is 11.3. The Labute approximate surface area is 192 Å². The van der Waals surface area contributed by atoms with Crippen molar-refractivity contribution in [1.29, 1.82) is 0 Å². The third-order valence-corrected chi connectivity index (χ3v) is 6.04. The van der Waals surface area contributed by atoms with Gasteiger partial charge in [-0.25, -0.2) is 9.59 Å². The number of carbonyl (C=O) groups excluding carboxylic acids is 1. The molecule has 172 valence electrons. The van der Waals surface area contributed by atoms with Crippen LogP contribution in [0, 0.1) is 6.92 Å². The number of H-pyrrole nitrogens is 1. The number of rotatable bonds is 8. The summed E-state index contributed by atoms with van der Waals surface area (Å²) in [6.45, 7) is 8.31. The third kappa shape index (κ3) is 4.87. The molecule has 4 rings (SSSR count). The molecule has 7 nitrogen and oxygen atoms in total. The molecular formula is C26H29N3O4. The van der Waals surface area contributed by atoms with E-state index < -0.39 is 6.09 Å². The van der Waals surface area contributed by atoms with E-state index >= 15 is 0 Å². The van der Waals surface area contributed by atoms with E-state index in [1.54, 1.807) is 0 Å². The van der Waals surface area contributed by atoms with Crippen molar-refractivity contribution in [3.8, 4) is 0 Å². The highest BCUT2D eigenvalue weighted by atomic mass is 16.5. The first kappa shape index (κ1) is 22.5. The molecule has 0 aliphatic heterocycles. The summed E-state index contributed by atoms with van der Waals surface area (Å²) in [5.41, 5.74) is 4.63. The number of hydrogen-bond acceptors (Lipinski definition) is 5. The maximum Gasteiger partial charge on any atom is 0.407 e. The molecule has 0 atom stereocenters. The Balaban J connectivity index is 1.37. The van der Waals surface area contributed by atoms with Crippen LogP contribution in [0.2, 0.25) is 0 Å². The second kappa shape index (κ2) is 9.81. The highest BCUT2D eigenvalue weighted by molar-refractivity contribution is 5.84. The summed E-state index contributed by atoms with van der Waals surface area (Å²) in [5, 5.41) is 4.73. The van der Waals surface area contributed by atoms with Crippen LogP contribution in [0.25, 0.3) is 21.9 Å². The Kier molecular flexibility index (Phi) is 6.68. The van der Waals surface area contributed by atoms with Gasteiger partial charge in [-0.3, -0.25) is 0 Å². The maximum absolute atomic E-state index is 12.6. The van der Waals surface area contributed by atoms with Crippen LogP contribution < -0.4 is 15.8 Å². The van der Waals surface area contributed by atoms with Gasteiger partial charge in [0.2, 0.25) is 0 Å². The van der Waals surface area contributed by atoms with Crippen molar-refractivity contribution in [2.45, 2.75) is 33.7 Å². The number of nitrogens with zero attached hydrogens (tertiary/aromatic N) is 1. The number of nitrogens with one attached hydrogen (secondary N) is 2. The van der Waals surface area contributed by atoms with Gasteiger partial charge in [-0.1, -0.05) is 6.07 Å². The zero-order valence-corrected chi connectivity index (χ0v) is 19.2. The van der Waals surface area contributed by atoms with E-state index in [1.807, 2.05) is 55.6 Å². The first-order valence-electron chi connectivity index (χ1n) is 11.3. The van der Waals surface area contributed by atoms with Gasteiger partial charge in [-0.05, 0) is 67.6 Å². The van der Waals surface area contributed by atoms with Crippen molar-refractivity contribution in [3.05, 3.63) is 75.8 Å². The fourth-order valence-electron chi connectivity index (χ4n) is 4.14. The summed E-state index contributed by atoms with van der Waals surface area (Å²) in [5.74, 6) is 0. The maximum atomic E-state index is 12.6. The zero-order chi connectivity index (χ0) is 23.4. The predicted molar refractivity (Wildman–Crippen MR) is 131 cm³/mol. The van der Waals surface area contributed by atoms with Crippen LogP contribution in [-0.2, 0) is 17.7 Å². The number of aromatic nitrogens is 1. The number of aryl methyl sites for hydroxylation is 1. The molecule has 0 bridgehead atoms. The molecule has 0 radical (unpaired) electrons. The molecule has 2 heterocycles. The molecule has 1 amide bonds. The molecule has 0 aliphatic carbocycles. The molecule has 2 N–H and O–H groups in total. The molecule has 0 spiro atoms. The van der Waals surface area contributed by atoms with Gasteiger partial charge < -0.3 is 24.4 Å². The average Bonchev–Trinajstić information content (AvgIpc) is 3.28. The van der Waals surface area contributed by atoms with Crippen molar-refractivity contribution >= 4 is 33.7 Å². The number of hydrogen-bond donors (Lipinski definition) is 2. The zero-order valence-electron chi connectivity index (χ0n) is 19.2. The van der Waals surface area contributed by atoms with Gasteiger partial charge >= 0.3 is 11.7 Å². The number of ether oxygens (including phenoxy) is 1. The Morgan fingerprint density at radius 2 is 1.94 bits per heavy atom.